The van der Waals surface area contributed by atoms with E-state index in [1.165, 1.54) is 12.1 Å². The molecule has 0 fully saturated rings. The second-order valence-electron chi connectivity index (χ2n) is 2.65. The van der Waals surface area contributed by atoms with Crippen molar-refractivity contribution in [2.75, 3.05) is 6.67 Å². The van der Waals surface area contributed by atoms with E-state index in [4.69, 9.17) is 10.8 Å². The monoisotopic (exact) mass is 183 g/mol. The first-order chi connectivity index (χ1) is 6.16. The predicted octanol–water partition coefficient (Wildman–Crippen LogP) is 1.35. The van der Waals surface area contributed by atoms with E-state index in [1.807, 2.05) is 0 Å². The zero-order valence-corrected chi connectivity index (χ0v) is 6.90. The lowest BCUT2D eigenvalue weighted by Crippen LogP contribution is -2.16. The summed E-state index contributed by atoms with van der Waals surface area (Å²) in [5.74, 6) is -1.08. The Kier molecular flexibility index (Phi) is 2.97. The molecule has 4 heteroatoms. The van der Waals surface area contributed by atoms with Gasteiger partial charge in [0.15, 0.2) is 0 Å². The zero-order chi connectivity index (χ0) is 9.84. The highest BCUT2D eigenvalue weighted by Gasteiger charge is 2.14. The Morgan fingerprint density at radius 1 is 1.54 bits per heavy atom. The summed E-state index contributed by atoms with van der Waals surface area (Å²) >= 11 is 0. The Morgan fingerprint density at radius 2 is 2.15 bits per heavy atom. The molecule has 0 heterocycles. The van der Waals surface area contributed by atoms with Crippen molar-refractivity contribution in [3.63, 3.8) is 0 Å². The number of carboxylic acid groups (broad SMARTS) is 1. The fraction of sp³-hybridized carbons (Fsp3) is 0.222. The maximum absolute atomic E-state index is 12.2. The van der Waals surface area contributed by atoms with Crippen LogP contribution in [0.1, 0.15) is 22.0 Å². The van der Waals surface area contributed by atoms with Crippen LogP contribution in [-0.4, -0.2) is 17.8 Å². The number of alkyl halides is 1. The summed E-state index contributed by atoms with van der Waals surface area (Å²) in [6.45, 7) is -0.760. The molecule has 0 aliphatic rings. The lowest BCUT2D eigenvalue weighted by atomic mass is 10.0. The average molecular weight is 183 g/mol. The summed E-state index contributed by atoms with van der Waals surface area (Å²) in [6.07, 6.45) is 0. The van der Waals surface area contributed by atoms with Crippen LogP contribution >= 0.6 is 0 Å². The Bertz CT molecular complexity index is 314. The zero-order valence-electron chi connectivity index (χ0n) is 6.90. The Labute approximate surface area is 75.0 Å². The number of aromatic carboxylic acids is 1. The summed E-state index contributed by atoms with van der Waals surface area (Å²) in [5, 5.41) is 8.73. The van der Waals surface area contributed by atoms with Crippen LogP contribution < -0.4 is 5.73 Å². The van der Waals surface area contributed by atoms with Crippen molar-refractivity contribution in [1.82, 2.24) is 0 Å². The van der Waals surface area contributed by atoms with E-state index in [-0.39, 0.29) is 5.56 Å². The van der Waals surface area contributed by atoms with Gasteiger partial charge in [0.05, 0.1) is 11.6 Å². The van der Waals surface area contributed by atoms with Crippen molar-refractivity contribution in [2.45, 2.75) is 6.04 Å². The highest BCUT2D eigenvalue weighted by molar-refractivity contribution is 5.89. The molecule has 0 aromatic heterocycles. The molecule has 70 valence electrons. The van der Waals surface area contributed by atoms with Gasteiger partial charge in [-0.25, -0.2) is 9.18 Å². The standard InChI is InChI=1S/C9H10FNO2/c10-5-8(11)6-3-1-2-4-7(6)9(12)13/h1-4,8H,5,11H2,(H,12,13)/t8-/m0/s1. The number of hydrogen-bond acceptors (Lipinski definition) is 2. The third-order valence-electron chi connectivity index (χ3n) is 1.76. The quantitative estimate of drug-likeness (QED) is 0.743. The molecule has 1 atom stereocenters. The van der Waals surface area contributed by atoms with Crippen LogP contribution in [0.15, 0.2) is 24.3 Å². The summed E-state index contributed by atoms with van der Waals surface area (Å²) in [7, 11) is 0. The van der Waals surface area contributed by atoms with Gasteiger partial charge in [0.25, 0.3) is 0 Å². The van der Waals surface area contributed by atoms with Gasteiger partial charge in [0.2, 0.25) is 0 Å². The molecule has 0 radical (unpaired) electrons. The SMILES string of the molecule is N[C@@H](CF)c1ccccc1C(=O)O. The summed E-state index contributed by atoms with van der Waals surface area (Å²) < 4.78 is 12.2. The maximum Gasteiger partial charge on any atom is 0.336 e. The number of carbonyl (C=O) groups is 1. The van der Waals surface area contributed by atoms with E-state index in [2.05, 4.69) is 0 Å². The minimum Gasteiger partial charge on any atom is -0.478 e. The first-order valence-corrected chi connectivity index (χ1v) is 3.80. The van der Waals surface area contributed by atoms with E-state index >= 15 is 0 Å². The molecule has 0 saturated carbocycles. The lowest BCUT2D eigenvalue weighted by Gasteiger charge is -2.09. The Balaban J connectivity index is 3.11. The van der Waals surface area contributed by atoms with Gasteiger partial charge in [-0.05, 0) is 11.6 Å². The number of benzene rings is 1. The average Bonchev–Trinajstić information content (AvgIpc) is 2.16. The highest BCUT2D eigenvalue weighted by Crippen LogP contribution is 2.16. The molecular formula is C9H10FNO2. The third-order valence-corrected chi connectivity index (χ3v) is 1.76. The van der Waals surface area contributed by atoms with Gasteiger partial charge in [0.1, 0.15) is 6.67 Å². The molecule has 0 spiro atoms. The first-order valence-electron chi connectivity index (χ1n) is 3.80. The molecule has 0 aliphatic heterocycles. The van der Waals surface area contributed by atoms with Gasteiger partial charge in [-0.15, -0.1) is 0 Å². The fourth-order valence-corrected chi connectivity index (χ4v) is 1.10. The smallest absolute Gasteiger partial charge is 0.336 e. The molecule has 1 aromatic rings. The minimum atomic E-state index is -1.08. The van der Waals surface area contributed by atoms with Gasteiger partial charge in [0, 0.05) is 0 Å². The van der Waals surface area contributed by atoms with Gasteiger partial charge in [-0.1, -0.05) is 18.2 Å². The number of carboxylic acids is 1. The van der Waals surface area contributed by atoms with Gasteiger partial charge >= 0.3 is 5.97 Å². The Hall–Kier alpha value is -1.42. The molecule has 0 saturated heterocycles. The second kappa shape index (κ2) is 4.00. The normalized spacial score (nSPS) is 12.5. The molecule has 13 heavy (non-hydrogen) atoms. The second-order valence-corrected chi connectivity index (χ2v) is 2.65. The van der Waals surface area contributed by atoms with Crippen LogP contribution in [0, 0.1) is 0 Å². The number of hydrogen-bond donors (Lipinski definition) is 2. The molecular weight excluding hydrogens is 173 g/mol. The van der Waals surface area contributed by atoms with Gasteiger partial charge in [-0.2, -0.15) is 0 Å². The number of halogens is 1. The van der Waals surface area contributed by atoms with E-state index < -0.39 is 18.7 Å². The van der Waals surface area contributed by atoms with E-state index in [0.717, 1.165) is 0 Å². The van der Waals surface area contributed by atoms with Crippen LogP contribution in [0.5, 0.6) is 0 Å². The molecule has 3 N–H and O–H groups in total. The van der Waals surface area contributed by atoms with Crippen molar-refractivity contribution in [2.24, 2.45) is 5.73 Å². The van der Waals surface area contributed by atoms with E-state index in [1.54, 1.807) is 12.1 Å². The molecule has 0 unspecified atom stereocenters. The van der Waals surface area contributed by atoms with Crippen molar-refractivity contribution in [3.8, 4) is 0 Å². The fourth-order valence-electron chi connectivity index (χ4n) is 1.10. The van der Waals surface area contributed by atoms with Crippen LogP contribution in [0.3, 0.4) is 0 Å². The molecule has 1 aromatic carbocycles. The van der Waals surface area contributed by atoms with Crippen molar-refractivity contribution >= 4 is 5.97 Å². The largest absolute Gasteiger partial charge is 0.478 e. The van der Waals surface area contributed by atoms with E-state index in [9.17, 15) is 9.18 Å². The molecule has 0 bridgehead atoms. The molecule has 0 aliphatic carbocycles. The van der Waals surface area contributed by atoms with Crippen LogP contribution in [0.25, 0.3) is 0 Å². The molecule has 3 nitrogen and oxygen atoms in total. The first kappa shape index (κ1) is 9.67. The number of nitrogens with two attached hydrogens (primary N) is 1. The third kappa shape index (κ3) is 2.03. The molecule has 0 amide bonds. The van der Waals surface area contributed by atoms with Crippen molar-refractivity contribution < 1.29 is 14.3 Å². The van der Waals surface area contributed by atoms with Crippen molar-refractivity contribution in [3.05, 3.63) is 35.4 Å². The highest BCUT2D eigenvalue weighted by atomic mass is 19.1. The van der Waals surface area contributed by atoms with Gasteiger partial charge < -0.3 is 10.8 Å². The van der Waals surface area contributed by atoms with Crippen LogP contribution in [0.2, 0.25) is 0 Å². The van der Waals surface area contributed by atoms with E-state index in [0.29, 0.717) is 5.56 Å². The predicted molar refractivity (Wildman–Crippen MR) is 46.3 cm³/mol. The van der Waals surface area contributed by atoms with Crippen LogP contribution in [-0.2, 0) is 0 Å². The number of rotatable bonds is 3. The Morgan fingerprint density at radius 3 is 2.69 bits per heavy atom. The van der Waals surface area contributed by atoms with Gasteiger partial charge in [-0.3, -0.25) is 0 Å². The summed E-state index contributed by atoms with van der Waals surface area (Å²) in [5.41, 5.74) is 5.79. The lowest BCUT2D eigenvalue weighted by molar-refractivity contribution is 0.0695. The molecule has 1 rings (SSSR count). The van der Waals surface area contributed by atoms with Crippen molar-refractivity contribution in [1.29, 1.82) is 0 Å². The summed E-state index contributed by atoms with van der Waals surface area (Å²) in [4.78, 5) is 10.7. The summed E-state index contributed by atoms with van der Waals surface area (Å²) in [6, 6.07) is 5.29. The maximum atomic E-state index is 12.2. The minimum absolute atomic E-state index is 0.0626. The topological polar surface area (TPSA) is 63.3 Å². The van der Waals surface area contributed by atoms with Crippen LogP contribution in [0.4, 0.5) is 4.39 Å².